The summed E-state index contributed by atoms with van der Waals surface area (Å²) in [4.78, 5) is 10.8. The molecule has 0 radical (unpaired) electrons. The van der Waals surface area contributed by atoms with Crippen molar-refractivity contribution in [3.63, 3.8) is 0 Å². The van der Waals surface area contributed by atoms with E-state index in [-0.39, 0.29) is 6.10 Å². The molecule has 1 fully saturated rings. The van der Waals surface area contributed by atoms with Gasteiger partial charge in [-0.2, -0.15) is 0 Å². The van der Waals surface area contributed by atoms with Crippen LogP contribution in [0.2, 0.25) is 0 Å². The molecule has 1 aliphatic rings. The highest BCUT2D eigenvalue weighted by Gasteiger charge is 2.18. The standard InChI is InChI=1S/C12H20N4O/c1-3-16-4-5-17-11(9-16)8-15-12-13-6-10(2)7-14-12/h6-7,11H,3-5,8-9H2,1-2H3,(H,13,14,15). The lowest BCUT2D eigenvalue weighted by Gasteiger charge is -2.32. The molecule has 0 spiro atoms. The Bertz CT molecular complexity index is 341. The molecule has 1 saturated heterocycles. The third kappa shape index (κ3) is 3.64. The van der Waals surface area contributed by atoms with Crippen LogP contribution in [0.1, 0.15) is 12.5 Å². The van der Waals surface area contributed by atoms with Gasteiger partial charge in [-0.05, 0) is 19.0 Å². The van der Waals surface area contributed by atoms with Crippen molar-refractivity contribution in [2.24, 2.45) is 0 Å². The van der Waals surface area contributed by atoms with Crippen molar-refractivity contribution in [3.8, 4) is 0 Å². The second-order valence-electron chi connectivity index (χ2n) is 4.35. The smallest absolute Gasteiger partial charge is 0.222 e. The molecule has 1 unspecified atom stereocenters. The lowest BCUT2D eigenvalue weighted by atomic mass is 10.2. The highest BCUT2D eigenvalue weighted by atomic mass is 16.5. The van der Waals surface area contributed by atoms with Gasteiger partial charge < -0.3 is 10.1 Å². The Morgan fingerprint density at radius 1 is 1.47 bits per heavy atom. The van der Waals surface area contributed by atoms with Crippen molar-refractivity contribution in [1.82, 2.24) is 14.9 Å². The topological polar surface area (TPSA) is 50.3 Å². The molecule has 94 valence electrons. The molecule has 0 amide bonds. The number of ether oxygens (including phenoxy) is 1. The van der Waals surface area contributed by atoms with Gasteiger partial charge in [0.2, 0.25) is 5.95 Å². The zero-order chi connectivity index (χ0) is 12.1. The van der Waals surface area contributed by atoms with Crippen molar-refractivity contribution in [2.75, 3.05) is 38.1 Å². The van der Waals surface area contributed by atoms with Crippen molar-refractivity contribution < 1.29 is 4.74 Å². The highest BCUT2D eigenvalue weighted by molar-refractivity contribution is 5.24. The van der Waals surface area contributed by atoms with Gasteiger partial charge in [-0.15, -0.1) is 0 Å². The molecule has 0 bridgehead atoms. The SMILES string of the molecule is CCN1CCOC(CNc2ncc(C)cn2)C1. The summed E-state index contributed by atoms with van der Waals surface area (Å²) in [5, 5.41) is 3.21. The first-order chi connectivity index (χ1) is 8.28. The molecule has 1 aromatic rings. The van der Waals surface area contributed by atoms with Crippen molar-refractivity contribution in [3.05, 3.63) is 18.0 Å². The third-order valence-corrected chi connectivity index (χ3v) is 2.94. The molecule has 0 aliphatic carbocycles. The summed E-state index contributed by atoms with van der Waals surface area (Å²) < 4.78 is 5.70. The monoisotopic (exact) mass is 236 g/mol. The number of nitrogens with one attached hydrogen (secondary N) is 1. The molecule has 1 atom stereocenters. The van der Waals surface area contributed by atoms with E-state index >= 15 is 0 Å². The van der Waals surface area contributed by atoms with E-state index in [0.717, 1.165) is 38.3 Å². The molecule has 0 saturated carbocycles. The van der Waals surface area contributed by atoms with Crippen molar-refractivity contribution in [1.29, 1.82) is 0 Å². The number of likely N-dealkylation sites (N-methyl/N-ethyl adjacent to an activating group) is 1. The Hall–Kier alpha value is -1.20. The Morgan fingerprint density at radius 2 is 2.24 bits per heavy atom. The van der Waals surface area contributed by atoms with E-state index in [9.17, 15) is 0 Å². The van der Waals surface area contributed by atoms with Crippen LogP contribution in [-0.2, 0) is 4.74 Å². The third-order valence-electron chi connectivity index (χ3n) is 2.94. The summed E-state index contributed by atoms with van der Waals surface area (Å²) in [5.41, 5.74) is 1.07. The maximum atomic E-state index is 5.70. The van der Waals surface area contributed by atoms with Gasteiger partial charge in [0.05, 0.1) is 12.7 Å². The minimum absolute atomic E-state index is 0.230. The van der Waals surface area contributed by atoms with Crippen molar-refractivity contribution >= 4 is 5.95 Å². The number of morpholine rings is 1. The van der Waals surface area contributed by atoms with Gasteiger partial charge in [0.25, 0.3) is 0 Å². The van der Waals surface area contributed by atoms with E-state index in [1.165, 1.54) is 0 Å². The predicted octanol–water partition coefficient (Wildman–Crippen LogP) is 0.918. The fourth-order valence-corrected chi connectivity index (χ4v) is 1.88. The van der Waals surface area contributed by atoms with Crippen LogP contribution in [0.3, 0.4) is 0 Å². The number of aryl methyl sites for hydroxylation is 1. The summed E-state index contributed by atoms with van der Waals surface area (Å²) in [6, 6.07) is 0. The van der Waals surface area contributed by atoms with Gasteiger partial charge in [-0.3, -0.25) is 4.90 Å². The van der Waals surface area contributed by atoms with Crippen molar-refractivity contribution in [2.45, 2.75) is 20.0 Å². The van der Waals surface area contributed by atoms with Crippen LogP contribution in [0.15, 0.2) is 12.4 Å². The number of aromatic nitrogens is 2. The number of anilines is 1. The normalized spacial score (nSPS) is 21.4. The number of hydrogen-bond acceptors (Lipinski definition) is 5. The van der Waals surface area contributed by atoms with E-state index < -0.39 is 0 Å². The van der Waals surface area contributed by atoms with Crippen LogP contribution < -0.4 is 5.32 Å². The minimum atomic E-state index is 0.230. The minimum Gasteiger partial charge on any atom is -0.374 e. The van der Waals surface area contributed by atoms with Gasteiger partial charge in [0, 0.05) is 32.0 Å². The summed E-state index contributed by atoms with van der Waals surface area (Å²) in [6.07, 6.45) is 3.86. The fourth-order valence-electron chi connectivity index (χ4n) is 1.88. The van der Waals surface area contributed by atoms with E-state index in [2.05, 4.69) is 27.1 Å². The average Bonchev–Trinajstić information content (AvgIpc) is 2.38. The van der Waals surface area contributed by atoms with Gasteiger partial charge in [-0.25, -0.2) is 9.97 Å². The van der Waals surface area contributed by atoms with E-state index in [1.54, 1.807) is 0 Å². The predicted molar refractivity (Wildman–Crippen MR) is 67.1 cm³/mol. The molecule has 1 aromatic heterocycles. The molecule has 2 heterocycles. The van der Waals surface area contributed by atoms with Crippen LogP contribution in [0, 0.1) is 6.92 Å². The van der Waals surface area contributed by atoms with Crippen LogP contribution in [-0.4, -0.2) is 53.8 Å². The number of rotatable bonds is 4. The second kappa shape index (κ2) is 5.93. The molecule has 5 nitrogen and oxygen atoms in total. The first-order valence-electron chi connectivity index (χ1n) is 6.14. The van der Waals surface area contributed by atoms with Crippen LogP contribution in [0.25, 0.3) is 0 Å². The molecule has 17 heavy (non-hydrogen) atoms. The molecular weight excluding hydrogens is 216 g/mol. The Morgan fingerprint density at radius 3 is 2.94 bits per heavy atom. The summed E-state index contributed by atoms with van der Waals surface area (Å²) in [6.45, 7) is 8.84. The zero-order valence-corrected chi connectivity index (χ0v) is 10.5. The van der Waals surface area contributed by atoms with Gasteiger partial charge in [0.15, 0.2) is 0 Å². The molecule has 2 rings (SSSR count). The van der Waals surface area contributed by atoms with Crippen LogP contribution >= 0.6 is 0 Å². The first-order valence-corrected chi connectivity index (χ1v) is 6.14. The quantitative estimate of drug-likeness (QED) is 0.842. The Labute approximate surface area is 102 Å². The van der Waals surface area contributed by atoms with Gasteiger partial charge in [-0.1, -0.05) is 6.92 Å². The molecule has 0 aromatic carbocycles. The summed E-state index contributed by atoms with van der Waals surface area (Å²) in [7, 11) is 0. The lowest BCUT2D eigenvalue weighted by Crippen LogP contribution is -2.45. The maximum absolute atomic E-state index is 5.70. The summed E-state index contributed by atoms with van der Waals surface area (Å²) in [5.74, 6) is 0.674. The summed E-state index contributed by atoms with van der Waals surface area (Å²) >= 11 is 0. The lowest BCUT2D eigenvalue weighted by molar-refractivity contribution is -0.0192. The fraction of sp³-hybridized carbons (Fsp3) is 0.667. The van der Waals surface area contributed by atoms with E-state index in [4.69, 9.17) is 4.74 Å². The van der Waals surface area contributed by atoms with E-state index in [1.807, 2.05) is 19.3 Å². The molecule has 5 heteroatoms. The number of nitrogens with zero attached hydrogens (tertiary/aromatic N) is 3. The highest BCUT2D eigenvalue weighted by Crippen LogP contribution is 2.06. The van der Waals surface area contributed by atoms with Gasteiger partial charge in [0.1, 0.15) is 0 Å². The molecule has 1 N–H and O–H groups in total. The second-order valence-corrected chi connectivity index (χ2v) is 4.35. The van der Waals surface area contributed by atoms with E-state index in [0.29, 0.717) is 5.95 Å². The first kappa shape index (κ1) is 12.3. The molecular formula is C12H20N4O. The van der Waals surface area contributed by atoms with Gasteiger partial charge >= 0.3 is 0 Å². The van der Waals surface area contributed by atoms with Crippen LogP contribution in [0.4, 0.5) is 5.95 Å². The maximum Gasteiger partial charge on any atom is 0.222 e. The van der Waals surface area contributed by atoms with Crippen LogP contribution in [0.5, 0.6) is 0 Å². The number of hydrogen-bond donors (Lipinski definition) is 1. The Kier molecular flexibility index (Phi) is 4.28. The average molecular weight is 236 g/mol. The largest absolute Gasteiger partial charge is 0.374 e. The molecule has 1 aliphatic heterocycles. The zero-order valence-electron chi connectivity index (χ0n) is 10.5. The Balaban J connectivity index is 1.79.